The summed E-state index contributed by atoms with van der Waals surface area (Å²) in [4.78, 5) is 2.47. The number of fused-ring (bicyclic) bond motifs is 8. The number of anilines is 3. The molecule has 0 unspecified atom stereocenters. The fraction of sp³-hybridized carbons (Fsp3) is 0.0612. The molecule has 2 heteroatoms. The predicted octanol–water partition coefficient (Wildman–Crippen LogP) is 14.3. The quantitative estimate of drug-likeness (QED) is 0.176. The summed E-state index contributed by atoms with van der Waals surface area (Å²) >= 11 is 1.89. The number of nitrogens with zero attached hydrogens (tertiary/aromatic N) is 1. The van der Waals surface area contributed by atoms with Crippen molar-refractivity contribution in [3.05, 3.63) is 187 Å². The third kappa shape index (κ3) is 4.75. The van der Waals surface area contributed by atoms with Gasteiger partial charge < -0.3 is 4.90 Å². The van der Waals surface area contributed by atoms with E-state index in [4.69, 9.17) is 0 Å². The van der Waals surface area contributed by atoms with Crippen molar-refractivity contribution in [1.29, 1.82) is 0 Å². The summed E-state index contributed by atoms with van der Waals surface area (Å²) in [7, 11) is 0. The second-order valence-corrected chi connectivity index (χ2v) is 15.2. The number of rotatable bonds is 5. The molecule has 0 saturated heterocycles. The molecule has 10 rings (SSSR count). The highest BCUT2D eigenvalue weighted by Gasteiger charge is 2.35. The summed E-state index contributed by atoms with van der Waals surface area (Å²) in [6.45, 7) is 4.73. The van der Waals surface area contributed by atoms with Gasteiger partial charge in [0, 0.05) is 32.3 Å². The van der Waals surface area contributed by atoms with Crippen LogP contribution in [-0.2, 0) is 5.41 Å². The van der Waals surface area contributed by atoms with Crippen molar-refractivity contribution in [2.24, 2.45) is 0 Å². The Balaban J connectivity index is 1.13. The molecule has 9 aromatic rings. The van der Waals surface area contributed by atoms with Gasteiger partial charge in [-0.15, -0.1) is 11.3 Å². The van der Waals surface area contributed by atoms with E-state index in [1.807, 2.05) is 11.3 Å². The molecule has 0 spiro atoms. The number of benzene rings is 8. The molecule has 242 valence electrons. The molecule has 0 N–H and O–H groups in total. The second kappa shape index (κ2) is 11.6. The van der Waals surface area contributed by atoms with Crippen molar-refractivity contribution < 1.29 is 0 Å². The Hall–Kier alpha value is -5.96. The molecular weight excluding hydrogens is 635 g/mol. The lowest BCUT2D eigenvalue weighted by Gasteiger charge is -2.28. The normalized spacial score (nSPS) is 13.1. The van der Waals surface area contributed by atoms with Crippen molar-refractivity contribution >= 4 is 59.3 Å². The van der Waals surface area contributed by atoms with Crippen LogP contribution in [0.4, 0.5) is 17.1 Å². The maximum Gasteiger partial charge on any atom is 0.0640 e. The van der Waals surface area contributed by atoms with Gasteiger partial charge in [0.15, 0.2) is 0 Å². The van der Waals surface area contributed by atoms with Gasteiger partial charge in [0.1, 0.15) is 0 Å². The van der Waals surface area contributed by atoms with Crippen LogP contribution in [0.5, 0.6) is 0 Å². The van der Waals surface area contributed by atoms with Gasteiger partial charge in [0.2, 0.25) is 0 Å². The highest BCUT2D eigenvalue weighted by Crippen LogP contribution is 2.52. The fourth-order valence-electron chi connectivity index (χ4n) is 8.28. The molecule has 1 aromatic heterocycles. The van der Waals surface area contributed by atoms with E-state index in [1.54, 1.807) is 0 Å². The largest absolute Gasteiger partial charge is 0.309 e. The first-order chi connectivity index (χ1) is 25.0. The van der Waals surface area contributed by atoms with Gasteiger partial charge in [-0.05, 0) is 91.7 Å². The Morgan fingerprint density at radius 1 is 0.451 bits per heavy atom. The zero-order valence-corrected chi connectivity index (χ0v) is 29.4. The summed E-state index contributed by atoms with van der Waals surface area (Å²) in [5, 5.41) is 5.23. The standard InChI is InChI=1S/C49H35NS/c1-49(2)43-17-9-8-15-40(43)41-29-28-38(31-44(41)49)50(37-26-23-35(24-27-37)34-21-19-33(20-22-34)32-11-4-3-5-12-32)45-18-10-16-42-47-39-14-7-6-13-36(39)25-30-46(47)51-48(42)45/h3-31H,1-2H3. The third-order valence-electron chi connectivity index (χ3n) is 10.9. The first kappa shape index (κ1) is 29.9. The zero-order valence-electron chi connectivity index (χ0n) is 28.6. The van der Waals surface area contributed by atoms with Crippen molar-refractivity contribution in [2.45, 2.75) is 19.3 Å². The Morgan fingerprint density at radius 3 is 1.84 bits per heavy atom. The Morgan fingerprint density at radius 2 is 1.06 bits per heavy atom. The van der Waals surface area contributed by atoms with Crippen LogP contribution in [0.1, 0.15) is 25.0 Å². The van der Waals surface area contributed by atoms with Gasteiger partial charge in [-0.2, -0.15) is 0 Å². The Bertz CT molecular complexity index is 2750. The average molecular weight is 670 g/mol. The highest BCUT2D eigenvalue weighted by atomic mass is 32.1. The molecular formula is C49H35NS. The van der Waals surface area contributed by atoms with E-state index in [2.05, 4.69) is 195 Å². The van der Waals surface area contributed by atoms with Gasteiger partial charge in [0.25, 0.3) is 0 Å². The SMILES string of the molecule is CC1(C)c2ccccc2-c2ccc(N(c3ccc(-c4ccc(-c5ccccc5)cc4)cc3)c3cccc4c3sc3ccc5ccccc5c34)cc21. The van der Waals surface area contributed by atoms with Crippen LogP contribution in [-0.4, -0.2) is 0 Å². The van der Waals surface area contributed by atoms with Crippen LogP contribution in [0.2, 0.25) is 0 Å². The van der Waals surface area contributed by atoms with E-state index >= 15 is 0 Å². The van der Waals surface area contributed by atoms with Crippen LogP contribution >= 0.6 is 11.3 Å². The van der Waals surface area contributed by atoms with E-state index in [0.717, 1.165) is 5.69 Å². The van der Waals surface area contributed by atoms with Crippen molar-refractivity contribution in [3.8, 4) is 33.4 Å². The topological polar surface area (TPSA) is 3.24 Å². The summed E-state index contributed by atoms with van der Waals surface area (Å²) < 4.78 is 2.61. The lowest BCUT2D eigenvalue weighted by molar-refractivity contribution is 0.660. The smallest absolute Gasteiger partial charge is 0.0640 e. The number of thiophene rings is 1. The lowest BCUT2D eigenvalue weighted by Crippen LogP contribution is -2.16. The molecule has 0 atom stereocenters. The fourth-order valence-corrected chi connectivity index (χ4v) is 9.50. The van der Waals surface area contributed by atoms with Crippen LogP contribution < -0.4 is 4.90 Å². The summed E-state index contributed by atoms with van der Waals surface area (Å²) in [5.41, 5.74) is 13.7. The van der Waals surface area contributed by atoms with Gasteiger partial charge in [-0.3, -0.25) is 0 Å². The number of hydrogen-bond acceptors (Lipinski definition) is 2. The molecule has 1 heterocycles. The second-order valence-electron chi connectivity index (χ2n) is 14.1. The molecule has 0 radical (unpaired) electrons. The van der Waals surface area contributed by atoms with E-state index in [0.29, 0.717) is 0 Å². The van der Waals surface area contributed by atoms with E-state index < -0.39 is 0 Å². The van der Waals surface area contributed by atoms with Gasteiger partial charge >= 0.3 is 0 Å². The minimum Gasteiger partial charge on any atom is -0.309 e. The monoisotopic (exact) mass is 669 g/mol. The average Bonchev–Trinajstić information content (AvgIpc) is 3.69. The van der Waals surface area contributed by atoms with Crippen molar-refractivity contribution in [3.63, 3.8) is 0 Å². The minimum atomic E-state index is -0.0914. The predicted molar refractivity (Wildman–Crippen MR) is 220 cm³/mol. The highest BCUT2D eigenvalue weighted by molar-refractivity contribution is 7.26. The molecule has 0 amide bonds. The van der Waals surface area contributed by atoms with Gasteiger partial charge in [0.05, 0.1) is 10.4 Å². The summed E-state index contributed by atoms with van der Waals surface area (Å²) in [6, 6.07) is 64.7. The van der Waals surface area contributed by atoms with Crippen LogP contribution in [0, 0.1) is 0 Å². The Kier molecular flexibility index (Phi) is 6.78. The minimum absolute atomic E-state index is 0.0914. The Labute approximate surface area is 302 Å². The van der Waals surface area contributed by atoms with Gasteiger partial charge in [-0.25, -0.2) is 0 Å². The molecule has 51 heavy (non-hydrogen) atoms. The zero-order chi connectivity index (χ0) is 34.1. The first-order valence-electron chi connectivity index (χ1n) is 17.7. The first-order valence-corrected chi connectivity index (χ1v) is 18.5. The number of hydrogen-bond donors (Lipinski definition) is 0. The van der Waals surface area contributed by atoms with E-state index in [1.165, 1.54) is 86.8 Å². The van der Waals surface area contributed by atoms with Crippen molar-refractivity contribution in [1.82, 2.24) is 0 Å². The summed E-state index contributed by atoms with van der Waals surface area (Å²) in [5.74, 6) is 0. The maximum atomic E-state index is 2.47. The van der Waals surface area contributed by atoms with Crippen LogP contribution in [0.3, 0.4) is 0 Å². The van der Waals surface area contributed by atoms with Crippen LogP contribution in [0.15, 0.2) is 176 Å². The molecule has 0 saturated carbocycles. The molecule has 0 fully saturated rings. The molecule has 1 aliphatic carbocycles. The molecule has 1 aliphatic rings. The van der Waals surface area contributed by atoms with Gasteiger partial charge in [-0.1, -0.05) is 153 Å². The molecule has 8 aromatic carbocycles. The maximum absolute atomic E-state index is 2.47. The third-order valence-corrected chi connectivity index (χ3v) is 12.1. The van der Waals surface area contributed by atoms with Crippen molar-refractivity contribution in [2.75, 3.05) is 4.90 Å². The van der Waals surface area contributed by atoms with E-state index in [9.17, 15) is 0 Å². The molecule has 0 aliphatic heterocycles. The molecule has 1 nitrogen and oxygen atoms in total. The van der Waals surface area contributed by atoms with E-state index in [-0.39, 0.29) is 5.41 Å². The lowest BCUT2D eigenvalue weighted by atomic mass is 9.82. The summed E-state index contributed by atoms with van der Waals surface area (Å²) in [6.07, 6.45) is 0. The van der Waals surface area contributed by atoms with Crippen LogP contribution in [0.25, 0.3) is 64.3 Å². The molecule has 0 bridgehead atoms.